The van der Waals surface area contributed by atoms with Gasteiger partial charge in [0.25, 0.3) is 0 Å². The number of aromatic nitrogens is 1. The van der Waals surface area contributed by atoms with Crippen molar-refractivity contribution in [2.75, 3.05) is 39.3 Å². The van der Waals surface area contributed by atoms with Gasteiger partial charge in [-0.1, -0.05) is 13.8 Å². The number of ether oxygens (including phenoxy) is 2. The van der Waals surface area contributed by atoms with E-state index in [-0.39, 0.29) is 0 Å². The van der Waals surface area contributed by atoms with Gasteiger partial charge < -0.3 is 19.7 Å². The molecule has 0 atom stereocenters. The van der Waals surface area contributed by atoms with Gasteiger partial charge in [0.05, 0.1) is 18.9 Å². The molecule has 1 aromatic heterocycles. The van der Waals surface area contributed by atoms with Crippen LogP contribution in [0.4, 0.5) is 5.13 Å². The quantitative estimate of drug-likeness (QED) is 0.636. The summed E-state index contributed by atoms with van der Waals surface area (Å²) in [6.07, 6.45) is 2.27. The lowest BCUT2D eigenvalue weighted by atomic mass is 10.1. The minimum atomic E-state index is 0.542. The molecule has 6 heteroatoms. The van der Waals surface area contributed by atoms with Crippen molar-refractivity contribution >= 4 is 16.5 Å². The van der Waals surface area contributed by atoms with E-state index < -0.39 is 0 Å². The first-order valence-corrected chi connectivity index (χ1v) is 8.39. The summed E-state index contributed by atoms with van der Waals surface area (Å²) >= 11 is 1.76. The highest BCUT2D eigenvalue weighted by Gasteiger charge is 2.18. The van der Waals surface area contributed by atoms with Crippen LogP contribution in [0.1, 0.15) is 37.3 Å². The standard InChI is InChI=1S/C15H29N3O2S/c1-6-12(7-2)18(3)15-17-13(11-20-5)14(21-15)10-16-8-9-19-4/h12,16H,6-11H2,1-5H3. The zero-order valence-corrected chi connectivity index (χ0v) is 14.8. The summed E-state index contributed by atoms with van der Waals surface area (Å²) in [7, 11) is 5.56. The van der Waals surface area contributed by atoms with E-state index in [1.807, 2.05) is 0 Å². The molecule has 1 N–H and O–H groups in total. The van der Waals surface area contributed by atoms with Crippen molar-refractivity contribution < 1.29 is 9.47 Å². The van der Waals surface area contributed by atoms with Crippen molar-refractivity contribution in [3.63, 3.8) is 0 Å². The average Bonchev–Trinajstić information content (AvgIpc) is 2.88. The van der Waals surface area contributed by atoms with Gasteiger partial charge in [-0.3, -0.25) is 0 Å². The van der Waals surface area contributed by atoms with Crippen LogP contribution in [0.5, 0.6) is 0 Å². The second-order valence-corrected chi connectivity index (χ2v) is 6.11. The lowest BCUT2D eigenvalue weighted by Crippen LogP contribution is -2.30. The van der Waals surface area contributed by atoms with E-state index in [4.69, 9.17) is 14.5 Å². The fourth-order valence-electron chi connectivity index (χ4n) is 2.28. The molecule has 5 nitrogen and oxygen atoms in total. The summed E-state index contributed by atoms with van der Waals surface area (Å²) in [6.45, 7) is 7.39. The second-order valence-electron chi connectivity index (χ2n) is 5.05. The maximum Gasteiger partial charge on any atom is 0.185 e. The molecule has 0 saturated heterocycles. The molecule has 0 unspecified atom stereocenters. The molecule has 0 aromatic carbocycles. The van der Waals surface area contributed by atoms with E-state index >= 15 is 0 Å². The first-order valence-electron chi connectivity index (χ1n) is 7.57. The fourth-order valence-corrected chi connectivity index (χ4v) is 3.34. The number of hydrogen-bond acceptors (Lipinski definition) is 6. The van der Waals surface area contributed by atoms with Crippen LogP contribution in [-0.2, 0) is 22.6 Å². The normalized spacial score (nSPS) is 11.3. The van der Waals surface area contributed by atoms with E-state index in [9.17, 15) is 0 Å². The SMILES string of the molecule is CCC(CC)N(C)c1nc(COC)c(CNCCOC)s1. The lowest BCUT2D eigenvalue weighted by Gasteiger charge is -2.25. The van der Waals surface area contributed by atoms with Crippen LogP contribution in [0.3, 0.4) is 0 Å². The predicted octanol–water partition coefficient (Wildman–Crippen LogP) is 2.65. The summed E-state index contributed by atoms with van der Waals surface area (Å²) in [5.74, 6) is 0. The van der Waals surface area contributed by atoms with Crippen molar-refractivity contribution in [2.45, 2.75) is 45.9 Å². The van der Waals surface area contributed by atoms with Crippen LogP contribution in [0, 0.1) is 0 Å². The molecule has 1 heterocycles. The molecule has 0 aliphatic carbocycles. The molecular formula is C15H29N3O2S. The molecule has 0 aliphatic heterocycles. The van der Waals surface area contributed by atoms with Crippen molar-refractivity contribution in [2.24, 2.45) is 0 Å². The van der Waals surface area contributed by atoms with Crippen LogP contribution < -0.4 is 10.2 Å². The Kier molecular flexibility index (Phi) is 8.84. The molecule has 1 rings (SSSR count). The summed E-state index contributed by atoms with van der Waals surface area (Å²) < 4.78 is 10.3. The van der Waals surface area contributed by atoms with Gasteiger partial charge >= 0.3 is 0 Å². The monoisotopic (exact) mass is 315 g/mol. The van der Waals surface area contributed by atoms with Crippen molar-refractivity contribution in [3.05, 3.63) is 10.6 Å². The van der Waals surface area contributed by atoms with Gasteiger partial charge in [0, 0.05) is 45.3 Å². The Labute approximate surface area is 132 Å². The van der Waals surface area contributed by atoms with Gasteiger partial charge in [-0.05, 0) is 12.8 Å². The number of methoxy groups -OCH3 is 2. The topological polar surface area (TPSA) is 46.6 Å². The van der Waals surface area contributed by atoms with Crippen LogP contribution >= 0.6 is 11.3 Å². The number of rotatable bonds is 11. The maximum atomic E-state index is 5.28. The molecule has 21 heavy (non-hydrogen) atoms. The minimum absolute atomic E-state index is 0.542. The Hall–Kier alpha value is -0.690. The van der Waals surface area contributed by atoms with Crippen molar-refractivity contribution in [1.29, 1.82) is 0 Å². The molecule has 122 valence electrons. The molecule has 0 saturated carbocycles. The number of nitrogens with zero attached hydrogens (tertiary/aromatic N) is 2. The number of thiazole rings is 1. The molecule has 0 aliphatic rings. The third-order valence-electron chi connectivity index (χ3n) is 3.61. The Morgan fingerprint density at radius 2 is 1.95 bits per heavy atom. The van der Waals surface area contributed by atoms with Crippen molar-refractivity contribution in [3.8, 4) is 0 Å². The summed E-state index contributed by atoms with van der Waals surface area (Å²) in [6, 6.07) is 0.542. The van der Waals surface area contributed by atoms with E-state index in [1.165, 1.54) is 4.88 Å². The highest BCUT2D eigenvalue weighted by Crippen LogP contribution is 2.28. The lowest BCUT2D eigenvalue weighted by molar-refractivity contribution is 0.181. The zero-order chi connectivity index (χ0) is 15.7. The summed E-state index contributed by atoms with van der Waals surface area (Å²) in [5.41, 5.74) is 1.04. The summed E-state index contributed by atoms with van der Waals surface area (Å²) in [5, 5.41) is 4.46. The molecule has 0 fully saturated rings. The number of hydrogen-bond donors (Lipinski definition) is 1. The van der Waals surface area contributed by atoms with E-state index in [1.54, 1.807) is 25.6 Å². The van der Waals surface area contributed by atoms with Crippen molar-refractivity contribution in [1.82, 2.24) is 10.3 Å². The Morgan fingerprint density at radius 1 is 1.24 bits per heavy atom. The largest absolute Gasteiger partial charge is 0.383 e. The number of anilines is 1. The molecule has 0 radical (unpaired) electrons. The van der Waals surface area contributed by atoms with Crippen LogP contribution in [0.15, 0.2) is 0 Å². The highest BCUT2D eigenvalue weighted by atomic mass is 32.1. The molecule has 0 spiro atoms. The molecule has 0 amide bonds. The third kappa shape index (κ3) is 5.54. The minimum Gasteiger partial charge on any atom is -0.383 e. The Bertz CT molecular complexity index is 394. The number of nitrogens with one attached hydrogen (secondary N) is 1. The average molecular weight is 315 g/mol. The smallest absolute Gasteiger partial charge is 0.185 e. The highest BCUT2D eigenvalue weighted by molar-refractivity contribution is 7.15. The first kappa shape index (κ1) is 18.4. The van der Waals surface area contributed by atoms with Crippen LogP contribution in [0.25, 0.3) is 0 Å². The van der Waals surface area contributed by atoms with Crippen LogP contribution in [-0.4, -0.2) is 45.4 Å². The second kappa shape index (κ2) is 10.1. The Balaban J connectivity index is 2.77. The first-order chi connectivity index (χ1) is 10.2. The molecule has 0 bridgehead atoms. The molecule has 1 aromatic rings. The fraction of sp³-hybridized carbons (Fsp3) is 0.800. The van der Waals surface area contributed by atoms with Gasteiger partial charge in [0.15, 0.2) is 5.13 Å². The Morgan fingerprint density at radius 3 is 2.52 bits per heavy atom. The zero-order valence-electron chi connectivity index (χ0n) is 13.9. The van der Waals surface area contributed by atoms with Gasteiger partial charge in [-0.15, -0.1) is 11.3 Å². The van der Waals surface area contributed by atoms with Gasteiger partial charge in [-0.25, -0.2) is 4.98 Å². The van der Waals surface area contributed by atoms with E-state index in [0.717, 1.165) is 43.4 Å². The summed E-state index contributed by atoms with van der Waals surface area (Å²) in [4.78, 5) is 8.31. The predicted molar refractivity (Wildman–Crippen MR) is 89.2 cm³/mol. The third-order valence-corrected chi connectivity index (χ3v) is 4.80. The van der Waals surface area contributed by atoms with Gasteiger partial charge in [0.2, 0.25) is 0 Å². The van der Waals surface area contributed by atoms with Gasteiger partial charge in [0.1, 0.15) is 0 Å². The van der Waals surface area contributed by atoms with E-state index in [2.05, 4.69) is 31.1 Å². The molecular weight excluding hydrogens is 286 g/mol. The van der Waals surface area contributed by atoms with E-state index in [0.29, 0.717) is 12.6 Å². The van der Waals surface area contributed by atoms with Crippen LogP contribution in [0.2, 0.25) is 0 Å². The maximum absolute atomic E-state index is 5.28. The van der Waals surface area contributed by atoms with Gasteiger partial charge in [-0.2, -0.15) is 0 Å².